The molecule has 4 nitrogen and oxygen atoms in total. The van der Waals surface area contributed by atoms with Crippen LogP contribution in [-0.2, 0) is 5.75 Å². The molecule has 3 aromatic rings. The van der Waals surface area contributed by atoms with Crippen molar-refractivity contribution in [2.45, 2.75) is 17.8 Å². The van der Waals surface area contributed by atoms with E-state index in [9.17, 15) is 0 Å². The number of methoxy groups -OCH3 is 1. The molecule has 0 amide bonds. The van der Waals surface area contributed by atoms with E-state index in [-0.39, 0.29) is 0 Å². The van der Waals surface area contributed by atoms with Crippen molar-refractivity contribution in [1.82, 2.24) is 14.5 Å². The van der Waals surface area contributed by atoms with Crippen molar-refractivity contribution in [1.29, 1.82) is 0 Å². The highest BCUT2D eigenvalue weighted by Crippen LogP contribution is 2.26. The van der Waals surface area contributed by atoms with Crippen molar-refractivity contribution in [3.8, 4) is 11.4 Å². The number of nitrogens with zero attached hydrogens (tertiary/aromatic N) is 3. The highest BCUT2D eigenvalue weighted by Gasteiger charge is 2.08. The highest BCUT2D eigenvalue weighted by atomic mass is 32.2. The van der Waals surface area contributed by atoms with Gasteiger partial charge in [-0.15, -0.1) is 11.3 Å². The number of aromatic nitrogens is 3. The van der Waals surface area contributed by atoms with E-state index in [2.05, 4.69) is 19.9 Å². The maximum Gasteiger partial charge on any atom is 0.172 e. The van der Waals surface area contributed by atoms with Gasteiger partial charge in [-0.05, 0) is 19.1 Å². The Bertz CT molecular complexity index is 736. The van der Waals surface area contributed by atoms with Gasteiger partial charge in [-0.3, -0.25) is 4.57 Å². The molecule has 6 heteroatoms. The van der Waals surface area contributed by atoms with E-state index in [1.54, 1.807) is 30.2 Å². The van der Waals surface area contributed by atoms with Crippen molar-refractivity contribution < 1.29 is 4.74 Å². The van der Waals surface area contributed by atoms with Crippen LogP contribution in [0.5, 0.6) is 5.75 Å². The summed E-state index contributed by atoms with van der Waals surface area (Å²) >= 11 is 3.36. The lowest BCUT2D eigenvalue weighted by Gasteiger charge is -2.08. The van der Waals surface area contributed by atoms with Gasteiger partial charge in [0, 0.05) is 29.6 Å². The lowest BCUT2D eigenvalue weighted by Crippen LogP contribution is -1.96. The number of rotatable bonds is 5. The van der Waals surface area contributed by atoms with E-state index in [0.717, 1.165) is 33.0 Å². The summed E-state index contributed by atoms with van der Waals surface area (Å²) in [6.07, 6.45) is 3.78. The van der Waals surface area contributed by atoms with Crippen LogP contribution in [0.3, 0.4) is 0 Å². The van der Waals surface area contributed by atoms with Crippen LogP contribution in [0.15, 0.2) is 47.2 Å². The van der Waals surface area contributed by atoms with E-state index in [4.69, 9.17) is 4.74 Å². The first-order chi connectivity index (χ1) is 10.3. The molecule has 0 aliphatic carbocycles. The Labute approximate surface area is 131 Å². The molecule has 0 atom stereocenters. The monoisotopic (exact) mass is 317 g/mol. The average molecular weight is 317 g/mol. The van der Waals surface area contributed by atoms with E-state index in [1.165, 1.54) is 0 Å². The Morgan fingerprint density at radius 2 is 2.29 bits per heavy atom. The Morgan fingerprint density at radius 1 is 1.38 bits per heavy atom. The van der Waals surface area contributed by atoms with Crippen LogP contribution in [-0.4, -0.2) is 21.6 Å². The molecule has 0 aliphatic heterocycles. The summed E-state index contributed by atoms with van der Waals surface area (Å²) in [4.78, 5) is 8.91. The Kier molecular flexibility index (Phi) is 4.26. The standard InChI is InChI=1S/C15H15N3OS2/c1-11-17-12(9-20-11)10-21-15-16-6-7-18(15)13-4-3-5-14(8-13)19-2/h3-9H,10H2,1-2H3. The molecule has 3 rings (SSSR count). The van der Waals surface area contributed by atoms with Gasteiger partial charge in [0.05, 0.1) is 23.5 Å². The number of hydrogen-bond donors (Lipinski definition) is 0. The molecule has 0 saturated carbocycles. The van der Waals surface area contributed by atoms with Crippen LogP contribution in [0.25, 0.3) is 5.69 Å². The van der Waals surface area contributed by atoms with Crippen LogP contribution in [0.2, 0.25) is 0 Å². The molecule has 0 fully saturated rings. The fourth-order valence-corrected chi connectivity index (χ4v) is 3.55. The van der Waals surface area contributed by atoms with Crippen molar-refractivity contribution in [2.24, 2.45) is 0 Å². The number of thioether (sulfide) groups is 1. The third kappa shape index (κ3) is 3.28. The summed E-state index contributed by atoms with van der Waals surface area (Å²) in [5.74, 6) is 1.66. The number of hydrogen-bond acceptors (Lipinski definition) is 5. The molecule has 0 saturated heterocycles. The molecule has 21 heavy (non-hydrogen) atoms. The molecule has 2 aromatic heterocycles. The smallest absolute Gasteiger partial charge is 0.172 e. The van der Waals surface area contributed by atoms with Crippen molar-refractivity contribution in [2.75, 3.05) is 7.11 Å². The molecule has 0 spiro atoms. The zero-order valence-corrected chi connectivity index (χ0v) is 13.4. The minimum Gasteiger partial charge on any atom is -0.497 e. The molecule has 108 valence electrons. The third-order valence-electron chi connectivity index (χ3n) is 2.95. The fraction of sp³-hybridized carbons (Fsp3) is 0.200. The summed E-state index contributed by atoms with van der Waals surface area (Å²) in [5.41, 5.74) is 2.14. The van der Waals surface area contributed by atoms with Crippen LogP contribution < -0.4 is 4.74 Å². The van der Waals surface area contributed by atoms with Gasteiger partial charge in [0.25, 0.3) is 0 Å². The summed E-state index contributed by atoms with van der Waals surface area (Å²) in [6, 6.07) is 7.96. The van der Waals surface area contributed by atoms with Crippen molar-refractivity contribution in [3.05, 3.63) is 52.7 Å². The molecule has 0 unspecified atom stereocenters. The average Bonchev–Trinajstić information content (AvgIpc) is 3.14. The molecular formula is C15H15N3OS2. The number of thiazole rings is 1. The topological polar surface area (TPSA) is 39.9 Å². The summed E-state index contributed by atoms with van der Waals surface area (Å²) in [7, 11) is 1.67. The second-order valence-corrected chi connectivity index (χ2v) is 6.43. The number of ether oxygens (including phenoxy) is 1. The zero-order valence-electron chi connectivity index (χ0n) is 11.8. The lowest BCUT2D eigenvalue weighted by atomic mass is 10.3. The Morgan fingerprint density at radius 3 is 3.05 bits per heavy atom. The van der Waals surface area contributed by atoms with Gasteiger partial charge in [0.2, 0.25) is 0 Å². The number of benzene rings is 1. The largest absolute Gasteiger partial charge is 0.497 e. The first-order valence-corrected chi connectivity index (χ1v) is 8.34. The van der Waals surface area contributed by atoms with E-state index >= 15 is 0 Å². The SMILES string of the molecule is COc1cccc(-n2ccnc2SCc2csc(C)n2)c1. The molecule has 2 heterocycles. The maximum absolute atomic E-state index is 5.28. The molecule has 0 bridgehead atoms. The molecule has 0 N–H and O–H groups in total. The van der Waals surface area contributed by atoms with Crippen LogP contribution in [0, 0.1) is 6.92 Å². The van der Waals surface area contributed by atoms with Gasteiger partial charge in [-0.25, -0.2) is 9.97 Å². The van der Waals surface area contributed by atoms with Gasteiger partial charge >= 0.3 is 0 Å². The third-order valence-corrected chi connectivity index (χ3v) is 4.78. The van der Waals surface area contributed by atoms with Gasteiger partial charge in [0.15, 0.2) is 5.16 Å². The van der Waals surface area contributed by atoms with Crippen molar-refractivity contribution >= 4 is 23.1 Å². The first-order valence-electron chi connectivity index (χ1n) is 6.48. The summed E-state index contributed by atoms with van der Waals surface area (Å²) < 4.78 is 7.34. The summed E-state index contributed by atoms with van der Waals surface area (Å²) in [6.45, 7) is 2.02. The molecule has 0 radical (unpaired) electrons. The van der Waals surface area contributed by atoms with Gasteiger partial charge in [-0.1, -0.05) is 17.8 Å². The van der Waals surface area contributed by atoms with E-state index < -0.39 is 0 Å². The molecular weight excluding hydrogens is 302 g/mol. The van der Waals surface area contributed by atoms with Gasteiger partial charge in [0.1, 0.15) is 5.75 Å². The molecule has 1 aromatic carbocycles. The van der Waals surface area contributed by atoms with Gasteiger partial charge < -0.3 is 4.74 Å². The van der Waals surface area contributed by atoms with Crippen LogP contribution in [0.1, 0.15) is 10.7 Å². The second-order valence-electron chi connectivity index (χ2n) is 4.43. The van der Waals surface area contributed by atoms with E-state index in [0.29, 0.717) is 0 Å². The van der Waals surface area contributed by atoms with E-state index in [1.807, 2.05) is 43.6 Å². The number of imidazole rings is 1. The quantitative estimate of drug-likeness (QED) is 0.668. The van der Waals surface area contributed by atoms with Crippen molar-refractivity contribution in [3.63, 3.8) is 0 Å². The minimum atomic E-state index is 0.825. The molecule has 0 aliphatic rings. The predicted octanol–water partition coefficient (Wildman–Crippen LogP) is 3.94. The normalized spacial score (nSPS) is 10.8. The first kappa shape index (κ1) is 14.2. The Hall–Kier alpha value is -1.79. The summed E-state index contributed by atoms with van der Waals surface area (Å²) in [5, 5.41) is 4.15. The highest BCUT2D eigenvalue weighted by molar-refractivity contribution is 7.98. The van der Waals surface area contributed by atoms with Gasteiger partial charge in [-0.2, -0.15) is 0 Å². The minimum absolute atomic E-state index is 0.825. The fourth-order valence-electron chi connectivity index (χ4n) is 1.97. The Balaban J connectivity index is 1.80. The predicted molar refractivity (Wildman–Crippen MR) is 86.5 cm³/mol. The van der Waals surface area contributed by atoms with Crippen LogP contribution >= 0.6 is 23.1 Å². The number of aryl methyl sites for hydroxylation is 1. The lowest BCUT2D eigenvalue weighted by molar-refractivity contribution is 0.414. The zero-order chi connectivity index (χ0) is 14.7. The maximum atomic E-state index is 5.28. The second kappa shape index (κ2) is 6.32. The van der Waals surface area contributed by atoms with Crippen LogP contribution in [0.4, 0.5) is 0 Å².